The summed E-state index contributed by atoms with van der Waals surface area (Å²) < 4.78 is 0. The summed E-state index contributed by atoms with van der Waals surface area (Å²) >= 11 is 0. The number of carbonyl (C=O) groups is 3. The minimum Gasteiger partial charge on any atom is -0.366 e. The van der Waals surface area contributed by atoms with Gasteiger partial charge in [0.2, 0.25) is 5.91 Å². The zero-order chi connectivity index (χ0) is 27.7. The second-order valence-corrected chi connectivity index (χ2v) is 11.4. The van der Waals surface area contributed by atoms with E-state index in [-0.39, 0.29) is 23.9 Å². The summed E-state index contributed by atoms with van der Waals surface area (Å²) in [5.41, 5.74) is 8.53. The van der Waals surface area contributed by atoms with Crippen molar-refractivity contribution in [1.29, 1.82) is 0 Å². The molecule has 5 rings (SSSR count). The van der Waals surface area contributed by atoms with E-state index < -0.39 is 5.91 Å². The predicted molar refractivity (Wildman–Crippen MR) is 151 cm³/mol. The van der Waals surface area contributed by atoms with Gasteiger partial charge in [0.15, 0.2) is 0 Å². The highest BCUT2D eigenvalue weighted by Crippen LogP contribution is 2.38. The Balaban J connectivity index is 1.18. The fourth-order valence-electron chi connectivity index (χ4n) is 6.59. The van der Waals surface area contributed by atoms with Crippen LogP contribution in [0.2, 0.25) is 0 Å². The number of rotatable bonds is 7. The first-order valence-corrected chi connectivity index (χ1v) is 14.2. The van der Waals surface area contributed by atoms with Gasteiger partial charge in [-0.25, -0.2) is 4.98 Å². The average Bonchev–Trinajstić information content (AvgIpc) is 3.19. The van der Waals surface area contributed by atoms with Gasteiger partial charge < -0.3 is 26.2 Å². The number of nitrogens with two attached hydrogens (primary N) is 1. The van der Waals surface area contributed by atoms with Crippen molar-refractivity contribution >= 4 is 23.5 Å². The van der Waals surface area contributed by atoms with Crippen LogP contribution in [-0.4, -0.2) is 71.4 Å². The van der Waals surface area contributed by atoms with Crippen LogP contribution in [0.5, 0.6) is 0 Å². The molecule has 0 radical (unpaired) electrons. The molecule has 0 unspecified atom stereocenters. The van der Waals surface area contributed by atoms with Gasteiger partial charge in [0.1, 0.15) is 5.82 Å². The first kappa shape index (κ1) is 27.1. The third kappa shape index (κ3) is 5.78. The van der Waals surface area contributed by atoms with Crippen molar-refractivity contribution < 1.29 is 14.4 Å². The molecule has 4 N–H and O–H groups in total. The van der Waals surface area contributed by atoms with Crippen LogP contribution >= 0.6 is 0 Å². The van der Waals surface area contributed by atoms with Crippen LogP contribution in [0.3, 0.4) is 0 Å². The number of amides is 3. The summed E-state index contributed by atoms with van der Waals surface area (Å²) in [4.78, 5) is 47.1. The summed E-state index contributed by atoms with van der Waals surface area (Å²) in [5, 5.41) is 6.42. The van der Waals surface area contributed by atoms with Gasteiger partial charge in [0.05, 0.1) is 5.56 Å². The molecule has 0 aliphatic carbocycles. The Labute approximate surface area is 230 Å². The van der Waals surface area contributed by atoms with Crippen molar-refractivity contribution in [3.05, 3.63) is 58.3 Å². The number of primary amides is 1. The Morgan fingerprint density at radius 2 is 1.51 bits per heavy atom. The summed E-state index contributed by atoms with van der Waals surface area (Å²) in [7, 11) is 0. The standard InChI is InChI=1S/C30H40N6O3/c1-4-35-11-9-21(10-12-35)33-29(38)20-5-8-27(32-17-20)36-23-6-7-24(36)16-22(15-23)34-30(39)26-14-18(2)25(28(31)37)13-19(26)3/h5,8,13-14,17,21-24H,4,6-7,9-12,15-16H2,1-3H3,(H2,31,37)(H,33,38)(H,34,39)/t22-,23+,24-. The maximum Gasteiger partial charge on any atom is 0.253 e. The second kappa shape index (κ2) is 11.3. The second-order valence-electron chi connectivity index (χ2n) is 11.4. The van der Waals surface area contributed by atoms with Crippen LogP contribution in [0.1, 0.15) is 87.6 Å². The van der Waals surface area contributed by atoms with Gasteiger partial charge in [0.25, 0.3) is 11.8 Å². The number of fused-ring (bicyclic) bond motifs is 2. The Kier molecular flexibility index (Phi) is 7.88. The number of hydrogen-bond donors (Lipinski definition) is 3. The zero-order valence-electron chi connectivity index (χ0n) is 23.2. The molecule has 3 fully saturated rings. The maximum atomic E-state index is 13.1. The highest BCUT2D eigenvalue weighted by Gasteiger charge is 2.42. The minimum absolute atomic E-state index is 0.0530. The molecule has 3 aliphatic heterocycles. The molecular weight excluding hydrogens is 492 g/mol. The minimum atomic E-state index is -0.485. The van der Waals surface area contributed by atoms with Crippen molar-refractivity contribution in [1.82, 2.24) is 20.5 Å². The smallest absolute Gasteiger partial charge is 0.253 e. The summed E-state index contributed by atoms with van der Waals surface area (Å²) in [6.45, 7) is 8.91. The molecule has 2 aromatic rings. The number of piperidine rings is 2. The number of likely N-dealkylation sites (tertiary alicyclic amines) is 1. The summed E-state index contributed by atoms with van der Waals surface area (Å²) in [5.74, 6) is 0.246. The zero-order valence-corrected chi connectivity index (χ0v) is 23.2. The Hall–Kier alpha value is -3.46. The molecule has 4 heterocycles. The van der Waals surface area contributed by atoms with Crippen LogP contribution < -0.4 is 21.3 Å². The highest BCUT2D eigenvalue weighted by atomic mass is 16.2. The van der Waals surface area contributed by atoms with Crippen molar-refractivity contribution in [3.63, 3.8) is 0 Å². The average molecular weight is 533 g/mol. The molecule has 0 spiro atoms. The first-order chi connectivity index (χ1) is 18.7. The molecular formula is C30H40N6O3. The van der Waals surface area contributed by atoms with Crippen LogP contribution in [0, 0.1) is 13.8 Å². The predicted octanol–water partition coefficient (Wildman–Crippen LogP) is 2.94. The molecule has 1 aromatic carbocycles. The quantitative estimate of drug-likeness (QED) is 0.504. The van der Waals surface area contributed by atoms with Gasteiger partial charge in [-0.05, 0) is 94.3 Å². The highest BCUT2D eigenvalue weighted by molar-refractivity contribution is 5.99. The number of hydrogen-bond acceptors (Lipinski definition) is 6. The van der Waals surface area contributed by atoms with Gasteiger partial charge >= 0.3 is 0 Å². The molecule has 9 heteroatoms. The van der Waals surface area contributed by atoms with Crippen molar-refractivity contribution in [2.75, 3.05) is 24.5 Å². The topological polar surface area (TPSA) is 121 Å². The Morgan fingerprint density at radius 3 is 2.10 bits per heavy atom. The molecule has 3 atom stereocenters. The van der Waals surface area contributed by atoms with Gasteiger partial charge in [-0.15, -0.1) is 0 Å². The third-order valence-corrected chi connectivity index (χ3v) is 8.79. The van der Waals surface area contributed by atoms with Gasteiger partial charge in [-0.3, -0.25) is 14.4 Å². The maximum absolute atomic E-state index is 13.1. The Morgan fingerprint density at radius 1 is 0.897 bits per heavy atom. The lowest BCUT2D eigenvalue weighted by atomic mass is 9.95. The van der Waals surface area contributed by atoms with Crippen LogP contribution in [0.15, 0.2) is 30.5 Å². The Bertz CT molecular complexity index is 1220. The van der Waals surface area contributed by atoms with Crippen molar-refractivity contribution in [2.24, 2.45) is 5.73 Å². The molecule has 208 valence electrons. The monoisotopic (exact) mass is 532 g/mol. The van der Waals surface area contributed by atoms with E-state index in [4.69, 9.17) is 10.7 Å². The van der Waals surface area contributed by atoms with Gasteiger partial charge in [-0.2, -0.15) is 0 Å². The normalized spacial score (nSPS) is 23.5. The number of nitrogens with zero attached hydrogens (tertiary/aromatic N) is 3. The lowest BCUT2D eigenvalue weighted by molar-refractivity contribution is 0.0908. The van der Waals surface area contributed by atoms with Crippen molar-refractivity contribution in [2.45, 2.75) is 83.5 Å². The van der Waals surface area contributed by atoms with E-state index in [1.807, 2.05) is 19.1 Å². The number of aryl methyl sites for hydroxylation is 2. The fraction of sp³-hybridized carbons (Fsp3) is 0.533. The van der Waals surface area contributed by atoms with Crippen molar-refractivity contribution in [3.8, 4) is 0 Å². The van der Waals surface area contributed by atoms with Crippen LogP contribution in [0.4, 0.5) is 5.82 Å². The number of nitrogens with one attached hydrogen (secondary N) is 2. The van der Waals surface area contributed by atoms with Gasteiger partial charge in [-0.1, -0.05) is 6.92 Å². The lowest BCUT2D eigenvalue weighted by Crippen LogP contribution is -2.51. The van der Waals surface area contributed by atoms with E-state index in [1.165, 1.54) is 0 Å². The number of benzene rings is 1. The number of pyridine rings is 1. The summed E-state index contributed by atoms with van der Waals surface area (Å²) in [6, 6.07) is 8.19. The first-order valence-electron chi connectivity index (χ1n) is 14.2. The largest absolute Gasteiger partial charge is 0.366 e. The summed E-state index contributed by atoms with van der Waals surface area (Å²) in [6.07, 6.45) is 7.47. The molecule has 39 heavy (non-hydrogen) atoms. The van der Waals surface area contributed by atoms with Crippen LogP contribution in [-0.2, 0) is 0 Å². The number of carbonyl (C=O) groups excluding carboxylic acids is 3. The van der Waals surface area contributed by atoms with E-state index in [0.717, 1.165) is 69.5 Å². The van der Waals surface area contributed by atoms with E-state index in [9.17, 15) is 14.4 Å². The molecule has 9 nitrogen and oxygen atoms in total. The van der Waals surface area contributed by atoms with E-state index in [2.05, 4.69) is 27.4 Å². The molecule has 2 bridgehead atoms. The lowest BCUT2D eigenvalue weighted by Gasteiger charge is -2.40. The number of anilines is 1. The van der Waals surface area contributed by atoms with E-state index in [0.29, 0.717) is 34.3 Å². The molecule has 3 amide bonds. The molecule has 0 saturated carbocycles. The fourth-order valence-corrected chi connectivity index (χ4v) is 6.59. The number of aromatic nitrogens is 1. The van der Waals surface area contributed by atoms with Crippen LogP contribution in [0.25, 0.3) is 0 Å². The van der Waals surface area contributed by atoms with E-state index in [1.54, 1.807) is 25.3 Å². The van der Waals surface area contributed by atoms with E-state index >= 15 is 0 Å². The molecule has 3 saturated heterocycles. The SMILES string of the molecule is CCN1CCC(NC(=O)c2ccc(N3[C@@H]4CC[C@H]3C[C@@H](NC(=O)c3cc(C)c(C(N)=O)cc3C)C4)nc2)CC1. The third-order valence-electron chi connectivity index (χ3n) is 8.79. The van der Waals surface area contributed by atoms with Gasteiger partial charge in [0, 0.05) is 54.6 Å². The molecule has 1 aromatic heterocycles. The molecule has 3 aliphatic rings.